The molecule has 1 aromatic carbocycles. The van der Waals surface area contributed by atoms with Gasteiger partial charge in [-0.1, -0.05) is 18.0 Å². The SMILES string of the molecule is COc1ccc2ncc(Cl)c(C(F)CCC3CCN(CCSC4CCC4)CC3C(=O)O)c2c1. The number of halogens is 2. The third-order valence-electron chi connectivity index (χ3n) is 7.14. The molecule has 8 heteroatoms. The van der Waals surface area contributed by atoms with Crippen LogP contribution in [0.1, 0.15) is 50.3 Å². The summed E-state index contributed by atoms with van der Waals surface area (Å²) in [4.78, 5) is 18.6. The Morgan fingerprint density at radius 3 is 2.91 bits per heavy atom. The number of carboxylic acid groups (broad SMARTS) is 1. The van der Waals surface area contributed by atoms with Crippen LogP contribution in [0.15, 0.2) is 24.4 Å². The van der Waals surface area contributed by atoms with Crippen LogP contribution in [-0.2, 0) is 4.79 Å². The fourth-order valence-corrected chi connectivity index (χ4v) is 6.53. The first-order valence-corrected chi connectivity index (χ1v) is 13.2. The minimum Gasteiger partial charge on any atom is -0.497 e. The molecule has 1 aliphatic heterocycles. The second-order valence-electron chi connectivity index (χ2n) is 9.17. The van der Waals surface area contributed by atoms with Crippen LogP contribution in [0.5, 0.6) is 5.75 Å². The molecule has 1 aliphatic carbocycles. The molecule has 1 aromatic heterocycles. The Morgan fingerprint density at radius 2 is 2.21 bits per heavy atom. The van der Waals surface area contributed by atoms with E-state index in [9.17, 15) is 9.90 Å². The van der Waals surface area contributed by atoms with Gasteiger partial charge in [0, 0.05) is 41.2 Å². The molecule has 180 valence electrons. The van der Waals surface area contributed by atoms with Gasteiger partial charge in [-0.2, -0.15) is 11.8 Å². The van der Waals surface area contributed by atoms with Crippen LogP contribution in [-0.4, -0.2) is 58.7 Å². The monoisotopic (exact) mass is 494 g/mol. The molecule has 0 radical (unpaired) electrons. The van der Waals surface area contributed by atoms with E-state index in [2.05, 4.69) is 9.88 Å². The second kappa shape index (κ2) is 11.2. The number of likely N-dealkylation sites (tertiary alicyclic amines) is 1. The number of hydrogen-bond donors (Lipinski definition) is 1. The molecule has 3 atom stereocenters. The lowest BCUT2D eigenvalue weighted by Crippen LogP contribution is -2.44. The first-order chi connectivity index (χ1) is 16.0. The zero-order valence-corrected chi connectivity index (χ0v) is 20.6. The van der Waals surface area contributed by atoms with Gasteiger partial charge in [0.25, 0.3) is 0 Å². The highest BCUT2D eigenvalue weighted by atomic mass is 35.5. The van der Waals surface area contributed by atoms with Gasteiger partial charge in [0.1, 0.15) is 11.9 Å². The normalized spacial score (nSPS) is 22.8. The Hall–Kier alpha value is -1.57. The van der Waals surface area contributed by atoms with E-state index in [0.717, 1.165) is 30.5 Å². The second-order valence-corrected chi connectivity index (χ2v) is 11.0. The van der Waals surface area contributed by atoms with Crippen LogP contribution >= 0.6 is 23.4 Å². The van der Waals surface area contributed by atoms with Crippen molar-refractivity contribution >= 4 is 40.2 Å². The molecular formula is C25H32ClFN2O3S. The number of aliphatic carboxylic acids is 1. The zero-order chi connectivity index (χ0) is 23.4. The number of ether oxygens (including phenoxy) is 1. The minimum atomic E-state index is -1.29. The average molecular weight is 495 g/mol. The van der Waals surface area contributed by atoms with Crippen molar-refractivity contribution in [3.05, 3.63) is 35.0 Å². The molecular weight excluding hydrogens is 463 g/mol. The van der Waals surface area contributed by atoms with Gasteiger partial charge in [-0.25, -0.2) is 4.39 Å². The number of benzene rings is 1. The van der Waals surface area contributed by atoms with Crippen LogP contribution in [0.25, 0.3) is 10.9 Å². The van der Waals surface area contributed by atoms with Gasteiger partial charge >= 0.3 is 5.97 Å². The summed E-state index contributed by atoms with van der Waals surface area (Å²) in [5.41, 5.74) is 1.08. The minimum absolute atomic E-state index is 0.0299. The number of aromatic nitrogens is 1. The van der Waals surface area contributed by atoms with Crippen molar-refractivity contribution < 1.29 is 19.0 Å². The van der Waals surface area contributed by atoms with Gasteiger partial charge in [-0.05, 0) is 62.8 Å². The van der Waals surface area contributed by atoms with Crippen molar-refractivity contribution in [3.8, 4) is 5.75 Å². The van der Waals surface area contributed by atoms with Crippen molar-refractivity contribution in [2.45, 2.75) is 49.9 Å². The molecule has 1 saturated carbocycles. The molecule has 2 aromatic rings. The van der Waals surface area contributed by atoms with E-state index < -0.39 is 18.1 Å². The molecule has 5 nitrogen and oxygen atoms in total. The highest BCUT2D eigenvalue weighted by molar-refractivity contribution is 7.99. The Morgan fingerprint density at radius 1 is 1.39 bits per heavy atom. The molecule has 0 amide bonds. The van der Waals surface area contributed by atoms with Gasteiger partial charge in [-0.3, -0.25) is 9.78 Å². The number of alkyl halides is 1. The first kappa shape index (κ1) is 24.6. The van der Waals surface area contributed by atoms with Crippen LogP contribution in [0.2, 0.25) is 5.02 Å². The highest BCUT2D eigenvalue weighted by Crippen LogP contribution is 2.39. The standard InChI is InChI=1S/C25H32ClFN2O3S/c1-32-17-6-8-23-19(13-17)24(21(26)14-28-23)22(27)7-5-16-9-10-29(15-20(16)25(30)31)11-12-33-18-3-2-4-18/h6,8,13-14,16,18,20,22H,2-5,7,9-12,15H2,1H3,(H,30,31). The van der Waals surface area contributed by atoms with Crippen LogP contribution in [0.4, 0.5) is 4.39 Å². The van der Waals surface area contributed by atoms with Gasteiger partial charge in [0.2, 0.25) is 0 Å². The van der Waals surface area contributed by atoms with Crippen LogP contribution < -0.4 is 4.74 Å². The van der Waals surface area contributed by atoms with E-state index in [0.29, 0.717) is 35.2 Å². The average Bonchev–Trinajstić information content (AvgIpc) is 2.78. The quantitative estimate of drug-likeness (QED) is 0.437. The lowest BCUT2D eigenvalue weighted by molar-refractivity contribution is -0.146. The molecule has 33 heavy (non-hydrogen) atoms. The zero-order valence-electron chi connectivity index (χ0n) is 19.0. The maximum Gasteiger partial charge on any atom is 0.308 e. The van der Waals surface area contributed by atoms with Crippen molar-refractivity contribution in [1.29, 1.82) is 0 Å². The molecule has 0 spiro atoms. The molecule has 1 N–H and O–H groups in total. The predicted octanol–water partition coefficient (Wildman–Crippen LogP) is 6.00. The smallest absolute Gasteiger partial charge is 0.308 e. The number of carbonyl (C=O) groups is 1. The number of thioether (sulfide) groups is 1. The molecule has 3 unspecified atom stereocenters. The number of fused-ring (bicyclic) bond motifs is 1. The van der Waals surface area contributed by atoms with E-state index >= 15 is 4.39 Å². The molecule has 1 saturated heterocycles. The fraction of sp³-hybridized carbons (Fsp3) is 0.600. The van der Waals surface area contributed by atoms with Gasteiger partial charge < -0.3 is 14.7 Å². The lowest BCUT2D eigenvalue weighted by atomic mass is 9.81. The number of nitrogens with zero attached hydrogens (tertiary/aromatic N) is 2. The van der Waals surface area contributed by atoms with Crippen molar-refractivity contribution in [3.63, 3.8) is 0 Å². The summed E-state index contributed by atoms with van der Waals surface area (Å²) in [6.07, 6.45) is 5.72. The van der Waals surface area contributed by atoms with Gasteiger partial charge in [-0.15, -0.1) is 0 Å². The molecule has 0 bridgehead atoms. The topological polar surface area (TPSA) is 62.7 Å². The maximum absolute atomic E-state index is 15.5. The van der Waals surface area contributed by atoms with E-state index in [1.54, 1.807) is 25.3 Å². The number of carboxylic acids is 1. The molecule has 2 fully saturated rings. The first-order valence-electron chi connectivity index (χ1n) is 11.8. The fourth-order valence-electron chi connectivity index (χ4n) is 4.90. The van der Waals surface area contributed by atoms with Crippen molar-refractivity contribution in [2.75, 3.05) is 32.5 Å². The predicted molar refractivity (Wildman–Crippen MR) is 132 cm³/mol. The summed E-state index contributed by atoms with van der Waals surface area (Å²) in [5.74, 6) is 0.422. The number of piperidine rings is 1. The summed E-state index contributed by atoms with van der Waals surface area (Å²) in [6, 6.07) is 5.34. The third kappa shape index (κ3) is 5.92. The Balaban J connectivity index is 1.37. The molecule has 4 rings (SSSR count). The molecule has 2 heterocycles. The van der Waals surface area contributed by atoms with Crippen LogP contribution in [0.3, 0.4) is 0 Å². The van der Waals surface area contributed by atoms with Crippen LogP contribution in [0, 0.1) is 11.8 Å². The summed E-state index contributed by atoms with van der Waals surface area (Å²) in [5, 5.41) is 11.6. The third-order valence-corrected chi connectivity index (χ3v) is 8.81. The largest absolute Gasteiger partial charge is 0.497 e. The van der Waals surface area contributed by atoms with Gasteiger partial charge in [0.15, 0.2) is 0 Å². The highest BCUT2D eigenvalue weighted by Gasteiger charge is 2.35. The Kier molecular flexibility index (Phi) is 8.36. The lowest BCUT2D eigenvalue weighted by Gasteiger charge is -2.37. The van der Waals surface area contributed by atoms with Crippen molar-refractivity contribution in [2.24, 2.45) is 11.8 Å². The number of pyridine rings is 1. The molecule has 2 aliphatic rings. The Labute approximate surface area is 204 Å². The number of methoxy groups -OCH3 is 1. The van der Waals surface area contributed by atoms with E-state index in [-0.39, 0.29) is 17.4 Å². The van der Waals surface area contributed by atoms with E-state index in [1.165, 1.54) is 25.5 Å². The van der Waals surface area contributed by atoms with E-state index in [4.69, 9.17) is 16.3 Å². The Bertz CT molecular complexity index is 974. The summed E-state index contributed by atoms with van der Waals surface area (Å²) in [7, 11) is 1.57. The van der Waals surface area contributed by atoms with Crippen molar-refractivity contribution in [1.82, 2.24) is 9.88 Å². The van der Waals surface area contributed by atoms with Gasteiger partial charge in [0.05, 0.1) is 23.6 Å². The number of rotatable bonds is 10. The summed E-state index contributed by atoms with van der Waals surface area (Å²) >= 11 is 8.37. The maximum atomic E-state index is 15.5. The number of hydrogen-bond acceptors (Lipinski definition) is 5. The summed E-state index contributed by atoms with van der Waals surface area (Å²) < 4.78 is 20.8. The van der Waals surface area contributed by atoms with E-state index in [1.807, 2.05) is 11.8 Å². The summed E-state index contributed by atoms with van der Waals surface area (Å²) in [6.45, 7) is 2.37.